The Morgan fingerprint density at radius 3 is 2.65 bits per heavy atom. The molecule has 20 heavy (non-hydrogen) atoms. The summed E-state index contributed by atoms with van der Waals surface area (Å²) >= 11 is 0. The summed E-state index contributed by atoms with van der Waals surface area (Å²) in [7, 11) is 2.97. The Labute approximate surface area is 114 Å². The lowest BCUT2D eigenvalue weighted by atomic mass is 10.1. The lowest BCUT2D eigenvalue weighted by Crippen LogP contribution is -2.36. The highest BCUT2D eigenvalue weighted by Crippen LogP contribution is 2.34. The average Bonchev–Trinajstić information content (AvgIpc) is 2.43. The molecule has 0 spiro atoms. The molecule has 0 N–H and O–H groups in total. The largest absolute Gasteiger partial charge is 0.417 e. The molecule has 4 nitrogen and oxygen atoms in total. The van der Waals surface area contributed by atoms with Gasteiger partial charge in [0.05, 0.1) is 23.5 Å². The minimum Gasteiger partial charge on any atom is -0.361 e. The molecule has 1 aliphatic rings. The van der Waals surface area contributed by atoms with Crippen molar-refractivity contribution in [1.82, 2.24) is 4.98 Å². The van der Waals surface area contributed by atoms with Crippen LogP contribution in [0.25, 0.3) is 6.08 Å². The number of halogens is 3. The van der Waals surface area contributed by atoms with E-state index in [0.29, 0.717) is 24.5 Å². The van der Waals surface area contributed by atoms with Gasteiger partial charge < -0.3 is 14.4 Å². The number of nitrogens with zero attached hydrogens (tertiary/aromatic N) is 2. The second-order valence-corrected chi connectivity index (χ2v) is 4.33. The van der Waals surface area contributed by atoms with Crippen molar-refractivity contribution in [3.8, 4) is 0 Å². The van der Waals surface area contributed by atoms with Crippen LogP contribution in [0.5, 0.6) is 0 Å². The van der Waals surface area contributed by atoms with Crippen molar-refractivity contribution >= 4 is 11.8 Å². The molecule has 1 aromatic rings. The number of hydrogen-bond donors (Lipinski definition) is 0. The van der Waals surface area contributed by atoms with E-state index < -0.39 is 18.0 Å². The molecule has 0 fully saturated rings. The predicted molar refractivity (Wildman–Crippen MR) is 68.3 cm³/mol. The number of ether oxygens (including phenoxy) is 2. The van der Waals surface area contributed by atoms with Gasteiger partial charge in [0.1, 0.15) is 0 Å². The zero-order valence-corrected chi connectivity index (χ0v) is 11.1. The molecule has 0 radical (unpaired) electrons. The van der Waals surface area contributed by atoms with Gasteiger partial charge in [0.25, 0.3) is 0 Å². The number of rotatable bonds is 4. The number of anilines is 1. The smallest absolute Gasteiger partial charge is 0.361 e. The molecule has 0 aliphatic carbocycles. The van der Waals surface area contributed by atoms with E-state index in [1.54, 1.807) is 11.0 Å². The lowest BCUT2D eigenvalue weighted by molar-refractivity contribution is -0.137. The maximum atomic E-state index is 12.8. The van der Waals surface area contributed by atoms with Crippen molar-refractivity contribution in [1.29, 1.82) is 0 Å². The molecule has 0 amide bonds. The zero-order chi connectivity index (χ0) is 14.8. The average molecular weight is 288 g/mol. The number of fused-ring (bicyclic) bond motifs is 1. The van der Waals surface area contributed by atoms with Gasteiger partial charge in [-0.1, -0.05) is 6.08 Å². The van der Waals surface area contributed by atoms with Crippen LogP contribution in [0.2, 0.25) is 0 Å². The highest BCUT2D eigenvalue weighted by atomic mass is 19.4. The Bertz CT molecular complexity index is 499. The topological polar surface area (TPSA) is 34.6 Å². The summed E-state index contributed by atoms with van der Waals surface area (Å²) in [4.78, 5) is 5.61. The van der Waals surface area contributed by atoms with Gasteiger partial charge in [-0.2, -0.15) is 13.2 Å². The van der Waals surface area contributed by atoms with Gasteiger partial charge in [0.15, 0.2) is 6.29 Å². The first-order valence-corrected chi connectivity index (χ1v) is 6.00. The maximum absolute atomic E-state index is 12.8. The molecule has 0 unspecified atom stereocenters. The van der Waals surface area contributed by atoms with Crippen LogP contribution in [-0.4, -0.2) is 38.6 Å². The van der Waals surface area contributed by atoms with Crippen molar-refractivity contribution in [3.05, 3.63) is 29.6 Å². The van der Waals surface area contributed by atoms with E-state index in [1.807, 2.05) is 6.08 Å². The molecule has 0 saturated carbocycles. The first kappa shape index (κ1) is 14.8. The highest BCUT2D eigenvalue weighted by Gasteiger charge is 2.32. The van der Waals surface area contributed by atoms with E-state index in [9.17, 15) is 13.2 Å². The molecule has 0 atom stereocenters. The standard InChI is InChI=1S/C13H15F3N2O2/c1-19-12(20-2)8-18-5-3-4-10-11(18)6-9(7-17-10)13(14,15)16/h3-4,6-7,12H,5,8H2,1-2H3. The van der Waals surface area contributed by atoms with E-state index in [-0.39, 0.29) is 0 Å². The molecule has 7 heteroatoms. The van der Waals surface area contributed by atoms with Crippen LogP contribution in [0.15, 0.2) is 18.3 Å². The van der Waals surface area contributed by atoms with E-state index in [2.05, 4.69) is 4.98 Å². The number of alkyl halides is 3. The Morgan fingerprint density at radius 1 is 1.35 bits per heavy atom. The van der Waals surface area contributed by atoms with Gasteiger partial charge in [-0.15, -0.1) is 0 Å². The molecule has 0 aromatic carbocycles. The van der Waals surface area contributed by atoms with Crippen LogP contribution in [0.1, 0.15) is 11.3 Å². The van der Waals surface area contributed by atoms with E-state index in [4.69, 9.17) is 9.47 Å². The molecule has 2 heterocycles. The summed E-state index contributed by atoms with van der Waals surface area (Å²) in [6, 6.07) is 1.11. The zero-order valence-electron chi connectivity index (χ0n) is 11.1. The Morgan fingerprint density at radius 2 is 2.05 bits per heavy atom. The van der Waals surface area contributed by atoms with Gasteiger partial charge in [-0.25, -0.2) is 0 Å². The van der Waals surface area contributed by atoms with Crippen LogP contribution < -0.4 is 4.90 Å². The summed E-state index contributed by atoms with van der Waals surface area (Å²) in [5.41, 5.74) is 0.180. The Kier molecular flexibility index (Phi) is 4.29. The van der Waals surface area contributed by atoms with Crippen LogP contribution >= 0.6 is 0 Å². The lowest BCUT2D eigenvalue weighted by Gasteiger charge is -2.30. The van der Waals surface area contributed by atoms with Gasteiger partial charge in [-0.05, 0) is 12.1 Å². The summed E-state index contributed by atoms with van der Waals surface area (Å²) in [6.45, 7) is 0.812. The molecule has 0 saturated heterocycles. The van der Waals surface area contributed by atoms with Crippen LogP contribution in [0.4, 0.5) is 18.9 Å². The molecule has 0 bridgehead atoms. The van der Waals surface area contributed by atoms with E-state index in [1.165, 1.54) is 14.2 Å². The van der Waals surface area contributed by atoms with Gasteiger partial charge in [0, 0.05) is 27.0 Å². The quantitative estimate of drug-likeness (QED) is 0.798. The Hall–Kier alpha value is -1.60. The third kappa shape index (κ3) is 3.10. The van der Waals surface area contributed by atoms with Gasteiger partial charge in [-0.3, -0.25) is 4.98 Å². The van der Waals surface area contributed by atoms with Crippen molar-refractivity contribution in [2.75, 3.05) is 32.2 Å². The molecule has 1 aromatic heterocycles. The Balaban J connectivity index is 2.31. The fourth-order valence-corrected chi connectivity index (χ4v) is 1.99. The summed E-state index contributed by atoms with van der Waals surface area (Å²) in [5.74, 6) is 0. The van der Waals surface area contributed by atoms with Crippen molar-refractivity contribution < 1.29 is 22.6 Å². The first-order valence-electron chi connectivity index (χ1n) is 6.00. The summed E-state index contributed by atoms with van der Waals surface area (Å²) in [5, 5.41) is 0. The second-order valence-electron chi connectivity index (χ2n) is 4.33. The third-order valence-electron chi connectivity index (χ3n) is 3.06. The summed E-state index contributed by atoms with van der Waals surface area (Å²) < 4.78 is 48.4. The summed E-state index contributed by atoms with van der Waals surface area (Å²) in [6.07, 6.45) is -0.525. The van der Waals surface area contributed by atoms with Gasteiger partial charge in [0.2, 0.25) is 0 Å². The molecule has 2 rings (SSSR count). The van der Waals surface area contributed by atoms with Gasteiger partial charge >= 0.3 is 6.18 Å². The number of pyridine rings is 1. The monoisotopic (exact) mass is 288 g/mol. The molecular formula is C13H15F3N2O2. The van der Waals surface area contributed by atoms with Crippen LogP contribution in [0, 0.1) is 0 Å². The number of hydrogen-bond acceptors (Lipinski definition) is 4. The minimum absolute atomic E-state index is 0.327. The first-order chi connectivity index (χ1) is 9.45. The van der Waals surface area contributed by atoms with Crippen LogP contribution in [-0.2, 0) is 15.7 Å². The van der Waals surface area contributed by atoms with Crippen molar-refractivity contribution in [2.45, 2.75) is 12.5 Å². The number of methoxy groups -OCH3 is 2. The number of aromatic nitrogens is 1. The fraction of sp³-hybridized carbons (Fsp3) is 0.462. The van der Waals surface area contributed by atoms with Crippen molar-refractivity contribution in [3.63, 3.8) is 0 Å². The molecule has 110 valence electrons. The van der Waals surface area contributed by atoms with E-state index in [0.717, 1.165) is 12.3 Å². The molecule has 1 aliphatic heterocycles. The van der Waals surface area contributed by atoms with Crippen LogP contribution in [0.3, 0.4) is 0 Å². The van der Waals surface area contributed by atoms with Crippen molar-refractivity contribution in [2.24, 2.45) is 0 Å². The maximum Gasteiger partial charge on any atom is 0.417 e. The third-order valence-corrected chi connectivity index (χ3v) is 3.06. The predicted octanol–water partition coefficient (Wildman–Crippen LogP) is 2.55. The SMILES string of the molecule is COC(CN1CC=Cc2ncc(C(F)(F)F)cc21)OC. The van der Waals surface area contributed by atoms with E-state index >= 15 is 0 Å². The molecular weight excluding hydrogens is 273 g/mol. The second kappa shape index (κ2) is 5.80. The highest BCUT2D eigenvalue weighted by molar-refractivity contribution is 5.69. The normalized spacial score (nSPS) is 14.8. The minimum atomic E-state index is -4.41. The fourth-order valence-electron chi connectivity index (χ4n) is 1.99.